The van der Waals surface area contributed by atoms with Crippen LogP contribution in [0.5, 0.6) is 0 Å². The van der Waals surface area contributed by atoms with Gasteiger partial charge in [-0.1, -0.05) is 30.3 Å². The zero-order valence-corrected chi connectivity index (χ0v) is 10.7. The summed E-state index contributed by atoms with van der Waals surface area (Å²) in [6.07, 6.45) is 0.244. The molecule has 1 rings (SSSR count). The minimum absolute atomic E-state index is 0. The number of hydrogen-bond acceptors (Lipinski definition) is 3. The number of halogens is 1. The normalized spacial score (nSPS) is 11.4. The number of carbonyl (C=O) groups is 1. The Kier molecular flexibility index (Phi) is 8.40. The van der Waals surface area contributed by atoms with Gasteiger partial charge in [0.2, 0.25) is 5.91 Å². The summed E-state index contributed by atoms with van der Waals surface area (Å²) in [6, 6.07) is 9.79. The van der Waals surface area contributed by atoms with Gasteiger partial charge in [0.05, 0.1) is 6.10 Å². The summed E-state index contributed by atoms with van der Waals surface area (Å²) in [7, 11) is 1.63. The van der Waals surface area contributed by atoms with E-state index in [1.807, 2.05) is 30.3 Å². The van der Waals surface area contributed by atoms with Crippen molar-refractivity contribution in [2.75, 3.05) is 20.2 Å². The number of benzene rings is 1. The van der Waals surface area contributed by atoms with Crippen LogP contribution in [0.3, 0.4) is 0 Å². The van der Waals surface area contributed by atoms with Gasteiger partial charge in [0, 0.05) is 26.6 Å². The summed E-state index contributed by atoms with van der Waals surface area (Å²) < 4.78 is 5.32. The van der Waals surface area contributed by atoms with Gasteiger partial charge in [0.15, 0.2) is 0 Å². The summed E-state index contributed by atoms with van der Waals surface area (Å²) in [5.74, 6) is -0.0412. The van der Waals surface area contributed by atoms with Gasteiger partial charge in [-0.3, -0.25) is 4.79 Å². The predicted molar refractivity (Wildman–Crippen MR) is 70.1 cm³/mol. The summed E-state index contributed by atoms with van der Waals surface area (Å²) in [5.41, 5.74) is 6.34. The summed E-state index contributed by atoms with van der Waals surface area (Å²) in [4.78, 5) is 11.2. The van der Waals surface area contributed by atoms with Gasteiger partial charge in [-0.15, -0.1) is 12.4 Å². The van der Waals surface area contributed by atoms with Gasteiger partial charge in [-0.05, 0) is 5.56 Å². The van der Waals surface area contributed by atoms with Crippen LogP contribution in [0.1, 0.15) is 18.1 Å². The van der Waals surface area contributed by atoms with Crippen molar-refractivity contribution >= 4 is 18.3 Å². The Labute approximate surface area is 108 Å². The molecule has 96 valence electrons. The Morgan fingerprint density at radius 2 is 2.06 bits per heavy atom. The molecule has 17 heavy (non-hydrogen) atoms. The highest BCUT2D eigenvalue weighted by Crippen LogP contribution is 2.14. The lowest BCUT2D eigenvalue weighted by Gasteiger charge is -2.16. The van der Waals surface area contributed by atoms with E-state index in [4.69, 9.17) is 10.5 Å². The standard InChI is InChI=1S/C12H18N2O2.ClH/c1-16-11(9-14-12(15)7-8-13)10-5-3-2-4-6-10;/h2-6,11H,7-9,13H2,1H3,(H,14,15);1H. The Hall–Kier alpha value is -1.10. The average molecular weight is 259 g/mol. The van der Waals surface area contributed by atoms with Crippen LogP contribution in [0.25, 0.3) is 0 Å². The van der Waals surface area contributed by atoms with Crippen molar-refractivity contribution in [3.05, 3.63) is 35.9 Å². The van der Waals surface area contributed by atoms with Crippen LogP contribution >= 0.6 is 12.4 Å². The van der Waals surface area contributed by atoms with E-state index in [0.29, 0.717) is 19.5 Å². The van der Waals surface area contributed by atoms with E-state index in [9.17, 15) is 4.79 Å². The van der Waals surface area contributed by atoms with Gasteiger partial charge in [0.25, 0.3) is 0 Å². The highest BCUT2D eigenvalue weighted by Gasteiger charge is 2.10. The maximum atomic E-state index is 11.2. The van der Waals surface area contributed by atoms with Crippen LogP contribution in [-0.4, -0.2) is 26.1 Å². The molecule has 0 saturated carbocycles. The van der Waals surface area contributed by atoms with E-state index in [1.54, 1.807) is 7.11 Å². The SMILES string of the molecule is COC(CNC(=O)CCN)c1ccccc1.Cl. The molecular weight excluding hydrogens is 240 g/mol. The molecule has 0 bridgehead atoms. The second-order valence-electron chi connectivity index (χ2n) is 3.48. The molecule has 1 atom stereocenters. The molecule has 1 amide bonds. The molecule has 4 nitrogen and oxygen atoms in total. The molecule has 0 saturated heterocycles. The topological polar surface area (TPSA) is 64.3 Å². The molecule has 0 fully saturated rings. The van der Waals surface area contributed by atoms with Gasteiger partial charge in [-0.2, -0.15) is 0 Å². The Bertz CT molecular complexity index is 320. The first kappa shape index (κ1) is 15.9. The second kappa shape index (κ2) is 8.98. The number of methoxy groups -OCH3 is 1. The van der Waals surface area contributed by atoms with Gasteiger partial charge in [0.1, 0.15) is 0 Å². The van der Waals surface area contributed by atoms with Gasteiger partial charge in [-0.25, -0.2) is 0 Å². The molecule has 0 heterocycles. The third-order valence-electron chi connectivity index (χ3n) is 2.31. The van der Waals surface area contributed by atoms with Crippen molar-refractivity contribution in [1.82, 2.24) is 5.32 Å². The predicted octanol–water partition coefficient (Wildman–Crippen LogP) is 1.26. The minimum Gasteiger partial charge on any atom is -0.375 e. The minimum atomic E-state index is -0.108. The molecule has 0 spiro atoms. The Balaban J connectivity index is 0.00000256. The lowest BCUT2D eigenvalue weighted by Crippen LogP contribution is -2.30. The van der Waals surface area contributed by atoms with Crippen molar-refractivity contribution in [2.24, 2.45) is 5.73 Å². The number of amides is 1. The van der Waals surface area contributed by atoms with Crippen LogP contribution in [0.4, 0.5) is 0 Å². The van der Waals surface area contributed by atoms with Gasteiger partial charge >= 0.3 is 0 Å². The van der Waals surface area contributed by atoms with E-state index in [-0.39, 0.29) is 24.4 Å². The fourth-order valence-corrected chi connectivity index (χ4v) is 1.43. The number of rotatable bonds is 6. The number of hydrogen-bond donors (Lipinski definition) is 2. The first-order valence-electron chi connectivity index (χ1n) is 5.32. The second-order valence-corrected chi connectivity index (χ2v) is 3.48. The molecule has 3 N–H and O–H groups in total. The number of ether oxygens (including phenoxy) is 1. The number of nitrogens with one attached hydrogen (secondary N) is 1. The first-order chi connectivity index (χ1) is 7.77. The van der Waals surface area contributed by atoms with Crippen molar-refractivity contribution in [3.63, 3.8) is 0 Å². The highest BCUT2D eigenvalue weighted by molar-refractivity contribution is 5.85. The van der Waals surface area contributed by atoms with Crippen molar-refractivity contribution in [1.29, 1.82) is 0 Å². The Morgan fingerprint density at radius 1 is 1.41 bits per heavy atom. The van der Waals surface area contributed by atoms with Crippen LogP contribution in [-0.2, 0) is 9.53 Å². The van der Waals surface area contributed by atoms with E-state index in [0.717, 1.165) is 5.56 Å². The first-order valence-corrected chi connectivity index (χ1v) is 5.32. The fraction of sp³-hybridized carbons (Fsp3) is 0.417. The summed E-state index contributed by atoms with van der Waals surface area (Å²) >= 11 is 0. The third-order valence-corrected chi connectivity index (χ3v) is 2.31. The van der Waals surface area contributed by atoms with Crippen LogP contribution in [0, 0.1) is 0 Å². The highest BCUT2D eigenvalue weighted by atomic mass is 35.5. The van der Waals surface area contributed by atoms with E-state index in [2.05, 4.69) is 5.32 Å². The van der Waals surface area contributed by atoms with Crippen LogP contribution in [0.15, 0.2) is 30.3 Å². The van der Waals surface area contributed by atoms with E-state index < -0.39 is 0 Å². The van der Waals surface area contributed by atoms with Crippen LogP contribution in [0.2, 0.25) is 0 Å². The maximum absolute atomic E-state index is 11.2. The van der Waals surface area contributed by atoms with Crippen molar-refractivity contribution in [3.8, 4) is 0 Å². The maximum Gasteiger partial charge on any atom is 0.221 e. The van der Waals surface area contributed by atoms with Crippen molar-refractivity contribution in [2.45, 2.75) is 12.5 Å². The lowest BCUT2D eigenvalue weighted by molar-refractivity contribution is -0.121. The summed E-state index contributed by atoms with van der Waals surface area (Å²) in [6.45, 7) is 0.841. The van der Waals surface area contributed by atoms with E-state index in [1.165, 1.54) is 0 Å². The molecule has 0 aromatic heterocycles. The number of nitrogens with two attached hydrogens (primary N) is 1. The zero-order valence-electron chi connectivity index (χ0n) is 9.89. The molecule has 0 aliphatic carbocycles. The average Bonchev–Trinajstić information content (AvgIpc) is 2.31. The molecule has 0 aliphatic heterocycles. The monoisotopic (exact) mass is 258 g/mol. The van der Waals surface area contributed by atoms with Crippen LogP contribution < -0.4 is 11.1 Å². The molecule has 1 aromatic carbocycles. The molecule has 0 radical (unpaired) electrons. The fourth-order valence-electron chi connectivity index (χ4n) is 1.43. The lowest BCUT2D eigenvalue weighted by atomic mass is 10.1. The van der Waals surface area contributed by atoms with Gasteiger partial charge < -0.3 is 15.8 Å². The smallest absolute Gasteiger partial charge is 0.221 e. The quantitative estimate of drug-likeness (QED) is 0.808. The molecular formula is C12H19ClN2O2. The van der Waals surface area contributed by atoms with E-state index >= 15 is 0 Å². The van der Waals surface area contributed by atoms with Crippen molar-refractivity contribution < 1.29 is 9.53 Å². The number of carbonyl (C=O) groups excluding carboxylic acids is 1. The molecule has 1 unspecified atom stereocenters. The zero-order chi connectivity index (χ0) is 11.8. The molecule has 5 heteroatoms. The largest absolute Gasteiger partial charge is 0.375 e. The molecule has 0 aliphatic rings. The summed E-state index contributed by atoms with van der Waals surface area (Å²) in [5, 5.41) is 2.79. The molecule has 1 aromatic rings. The Morgan fingerprint density at radius 3 is 2.59 bits per heavy atom. The third kappa shape index (κ3) is 5.68.